The van der Waals surface area contributed by atoms with Gasteiger partial charge in [0, 0.05) is 31.1 Å². The Kier molecular flexibility index (Phi) is 3.19. The number of carbonyl (C=O) groups is 1. The number of nitrogens with zero attached hydrogens (tertiary/aromatic N) is 2. The number of aryl methyl sites for hydroxylation is 1. The van der Waals surface area contributed by atoms with Crippen LogP contribution in [0, 0.1) is 6.92 Å². The van der Waals surface area contributed by atoms with Gasteiger partial charge < -0.3 is 4.90 Å². The second kappa shape index (κ2) is 4.45. The molecule has 0 radical (unpaired) electrons. The lowest BCUT2D eigenvalue weighted by Crippen LogP contribution is -2.36. The minimum atomic E-state index is -0.0316. The first kappa shape index (κ1) is 11.5. The maximum atomic E-state index is 11.6. The molecule has 16 heavy (non-hydrogen) atoms. The number of nitrogens with one attached hydrogen (secondary N) is 1. The van der Waals surface area contributed by atoms with Crippen molar-refractivity contribution in [3.8, 4) is 0 Å². The third-order valence-corrected chi connectivity index (χ3v) is 3.20. The highest BCUT2D eigenvalue weighted by Crippen LogP contribution is 2.20. The number of carbonyl (C=O) groups excluding carboxylic acids is 1. The topological polar surface area (TPSA) is 49.0 Å². The molecule has 2 heterocycles. The Morgan fingerprint density at radius 1 is 1.75 bits per heavy atom. The fourth-order valence-electron chi connectivity index (χ4n) is 2.10. The molecule has 0 aliphatic carbocycles. The van der Waals surface area contributed by atoms with Crippen LogP contribution >= 0.6 is 11.6 Å². The predicted molar refractivity (Wildman–Crippen MR) is 62.5 cm³/mol. The summed E-state index contributed by atoms with van der Waals surface area (Å²) in [5.41, 5.74) is 2.04. The highest BCUT2D eigenvalue weighted by Gasteiger charge is 2.31. The molecule has 1 aliphatic heterocycles. The van der Waals surface area contributed by atoms with Crippen molar-refractivity contribution in [2.24, 2.45) is 0 Å². The Bertz CT molecular complexity index is 390. The SMILES string of the molecule is Cc1cc(CC(C)N2CC(Cl)CC2=O)n[nH]1. The second-order valence-electron chi connectivity index (χ2n) is 4.44. The van der Waals surface area contributed by atoms with Crippen molar-refractivity contribution in [1.29, 1.82) is 0 Å². The van der Waals surface area contributed by atoms with Crippen LogP contribution in [-0.4, -0.2) is 39.0 Å². The molecule has 2 rings (SSSR count). The fraction of sp³-hybridized carbons (Fsp3) is 0.636. The van der Waals surface area contributed by atoms with Crippen LogP contribution in [0.1, 0.15) is 24.7 Å². The summed E-state index contributed by atoms with van der Waals surface area (Å²) in [5, 5.41) is 7.05. The van der Waals surface area contributed by atoms with Gasteiger partial charge in [-0.15, -0.1) is 11.6 Å². The zero-order chi connectivity index (χ0) is 11.7. The van der Waals surface area contributed by atoms with Gasteiger partial charge in [-0.05, 0) is 19.9 Å². The molecule has 0 bridgehead atoms. The number of hydrogen-bond donors (Lipinski definition) is 1. The molecule has 2 unspecified atom stereocenters. The van der Waals surface area contributed by atoms with E-state index in [9.17, 15) is 4.79 Å². The van der Waals surface area contributed by atoms with Crippen molar-refractivity contribution in [2.45, 2.75) is 38.1 Å². The van der Waals surface area contributed by atoms with Crippen molar-refractivity contribution in [2.75, 3.05) is 6.54 Å². The monoisotopic (exact) mass is 241 g/mol. The number of likely N-dealkylation sites (tertiary alicyclic amines) is 1. The van der Waals surface area contributed by atoms with E-state index in [1.807, 2.05) is 24.8 Å². The molecule has 1 N–H and O–H groups in total. The molecule has 1 amide bonds. The standard InChI is InChI=1S/C11H16ClN3O/c1-7-3-10(14-13-7)4-8(2)15-6-9(12)5-11(15)16/h3,8-9H,4-6H2,1-2H3,(H,13,14). The molecule has 4 nitrogen and oxygen atoms in total. The van der Waals surface area contributed by atoms with Crippen LogP contribution in [0.2, 0.25) is 0 Å². The summed E-state index contributed by atoms with van der Waals surface area (Å²) in [6, 6.07) is 2.17. The van der Waals surface area contributed by atoms with Crippen LogP contribution in [0.5, 0.6) is 0 Å². The third-order valence-electron chi connectivity index (χ3n) is 2.91. The Hall–Kier alpha value is -1.03. The van der Waals surface area contributed by atoms with Crippen molar-refractivity contribution < 1.29 is 4.79 Å². The minimum Gasteiger partial charge on any atom is -0.338 e. The first-order chi connectivity index (χ1) is 7.56. The van der Waals surface area contributed by atoms with E-state index in [2.05, 4.69) is 10.2 Å². The largest absolute Gasteiger partial charge is 0.338 e. The molecule has 0 saturated carbocycles. The maximum absolute atomic E-state index is 11.6. The van der Waals surface area contributed by atoms with Crippen LogP contribution < -0.4 is 0 Å². The predicted octanol–water partition coefficient (Wildman–Crippen LogP) is 1.49. The Balaban J connectivity index is 1.98. The number of rotatable bonds is 3. The van der Waals surface area contributed by atoms with E-state index in [1.165, 1.54) is 0 Å². The van der Waals surface area contributed by atoms with Gasteiger partial charge in [-0.1, -0.05) is 0 Å². The summed E-state index contributed by atoms with van der Waals surface area (Å²) in [5.74, 6) is 0.153. The zero-order valence-electron chi connectivity index (χ0n) is 9.53. The van der Waals surface area contributed by atoms with Gasteiger partial charge in [0.05, 0.1) is 11.1 Å². The van der Waals surface area contributed by atoms with Gasteiger partial charge in [-0.2, -0.15) is 5.10 Å². The zero-order valence-corrected chi connectivity index (χ0v) is 10.3. The number of alkyl halides is 1. The van der Waals surface area contributed by atoms with Gasteiger partial charge in [0.1, 0.15) is 0 Å². The van der Waals surface area contributed by atoms with Crippen LogP contribution in [0.3, 0.4) is 0 Å². The van der Waals surface area contributed by atoms with Crippen molar-refractivity contribution in [1.82, 2.24) is 15.1 Å². The van der Waals surface area contributed by atoms with Gasteiger partial charge >= 0.3 is 0 Å². The lowest BCUT2D eigenvalue weighted by Gasteiger charge is -2.23. The number of amides is 1. The van der Waals surface area contributed by atoms with Gasteiger partial charge in [0.25, 0.3) is 0 Å². The van der Waals surface area contributed by atoms with Gasteiger partial charge in [0.2, 0.25) is 5.91 Å². The van der Waals surface area contributed by atoms with E-state index in [0.717, 1.165) is 17.8 Å². The molecular formula is C11H16ClN3O. The van der Waals surface area contributed by atoms with E-state index in [4.69, 9.17) is 11.6 Å². The molecule has 1 aromatic rings. The molecule has 0 aromatic carbocycles. The van der Waals surface area contributed by atoms with Crippen molar-refractivity contribution >= 4 is 17.5 Å². The van der Waals surface area contributed by atoms with E-state index >= 15 is 0 Å². The molecule has 0 spiro atoms. The molecule has 1 aliphatic rings. The molecule has 1 fully saturated rings. The third kappa shape index (κ3) is 2.38. The summed E-state index contributed by atoms with van der Waals surface area (Å²) in [6.07, 6.45) is 1.24. The normalized spacial score (nSPS) is 22.8. The molecule has 5 heteroatoms. The summed E-state index contributed by atoms with van der Waals surface area (Å²) >= 11 is 5.97. The van der Waals surface area contributed by atoms with E-state index in [-0.39, 0.29) is 17.3 Å². The molecule has 88 valence electrons. The quantitative estimate of drug-likeness (QED) is 0.816. The van der Waals surface area contributed by atoms with E-state index < -0.39 is 0 Å². The highest BCUT2D eigenvalue weighted by atomic mass is 35.5. The van der Waals surface area contributed by atoms with Gasteiger partial charge in [0.15, 0.2) is 0 Å². The van der Waals surface area contributed by atoms with E-state index in [1.54, 1.807) is 0 Å². The number of aromatic nitrogens is 2. The van der Waals surface area contributed by atoms with Crippen LogP contribution in [-0.2, 0) is 11.2 Å². The second-order valence-corrected chi connectivity index (χ2v) is 5.06. The number of H-pyrrole nitrogens is 1. The van der Waals surface area contributed by atoms with Gasteiger partial charge in [-0.3, -0.25) is 9.89 Å². The first-order valence-electron chi connectivity index (χ1n) is 5.50. The maximum Gasteiger partial charge on any atom is 0.224 e. The summed E-state index contributed by atoms with van der Waals surface area (Å²) in [4.78, 5) is 13.5. The number of hydrogen-bond acceptors (Lipinski definition) is 2. The average molecular weight is 242 g/mol. The minimum absolute atomic E-state index is 0.0316. The summed E-state index contributed by atoms with van der Waals surface area (Å²) in [6.45, 7) is 4.67. The van der Waals surface area contributed by atoms with Crippen LogP contribution in [0.4, 0.5) is 0 Å². The van der Waals surface area contributed by atoms with Crippen molar-refractivity contribution in [3.05, 3.63) is 17.5 Å². The molecule has 1 saturated heterocycles. The Morgan fingerprint density at radius 3 is 3.00 bits per heavy atom. The number of aromatic amines is 1. The first-order valence-corrected chi connectivity index (χ1v) is 5.94. The van der Waals surface area contributed by atoms with E-state index in [0.29, 0.717) is 13.0 Å². The van der Waals surface area contributed by atoms with Gasteiger partial charge in [-0.25, -0.2) is 0 Å². The average Bonchev–Trinajstić information content (AvgIpc) is 2.73. The summed E-state index contributed by atoms with van der Waals surface area (Å²) in [7, 11) is 0. The molecule has 2 atom stereocenters. The molecular weight excluding hydrogens is 226 g/mol. The fourth-order valence-corrected chi connectivity index (χ4v) is 2.38. The smallest absolute Gasteiger partial charge is 0.224 e. The Labute approximate surface area is 100.0 Å². The summed E-state index contributed by atoms with van der Waals surface area (Å²) < 4.78 is 0. The highest BCUT2D eigenvalue weighted by molar-refractivity contribution is 6.22. The van der Waals surface area contributed by atoms with Crippen LogP contribution in [0.15, 0.2) is 6.07 Å². The van der Waals surface area contributed by atoms with Crippen LogP contribution in [0.25, 0.3) is 0 Å². The number of halogens is 1. The Morgan fingerprint density at radius 2 is 2.50 bits per heavy atom. The lowest BCUT2D eigenvalue weighted by atomic mass is 10.1. The molecule has 1 aromatic heterocycles. The lowest BCUT2D eigenvalue weighted by molar-refractivity contribution is -0.129. The van der Waals surface area contributed by atoms with Crippen molar-refractivity contribution in [3.63, 3.8) is 0 Å².